The fraction of sp³-hybridized carbons (Fsp3) is 0.667. The second-order valence-corrected chi connectivity index (χ2v) is 19.6. The minimum atomic E-state index is -3.96. The maximum Gasteiger partial charge on any atom is 0.407 e. The van der Waals surface area contributed by atoms with Crippen LogP contribution in [0.3, 0.4) is 0 Å². The fourth-order valence-corrected chi connectivity index (χ4v) is 10.8. The zero-order chi connectivity index (χ0) is 41.4. The fourth-order valence-electron chi connectivity index (χ4n) is 9.41. The Labute approximate surface area is 343 Å². The van der Waals surface area contributed by atoms with Crippen molar-refractivity contribution in [3.05, 3.63) is 42.1 Å². The van der Waals surface area contributed by atoms with Gasteiger partial charge in [0.05, 0.1) is 35.4 Å². The predicted molar refractivity (Wildman–Crippen MR) is 211 cm³/mol. The lowest BCUT2D eigenvalue weighted by atomic mass is 9.71. The molecule has 14 nitrogen and oxygen atoms in total. The highest BCUT2D eigenvalue weighted by atomic mass is 32.2. The molecule has 4 bridgehead atoms. The van der Waals surface area contributed by atoms with Gasteiger partial charge in [-0.05, 0) is 76.3 Å². The number of nitrogens with one attached hydrogen (secondary N) is 3. The van der Waals surface area contributed by atoms with Gasteiger partial charge in [-0.2, -0.15) is 8.78 Å². The topological polar surface area (TPSA) is 186 Å². The normalized spacial score (nSPS) is 31.1. The van der Waals surface area contributed by atoms with Crippen molar-refractivity contribution in [2.24, 2.45) is 17.3 Å². The number of hydrogen-bond acceptors (Lipinski definition) is 10. The number of fused-ring (bicyclic) bond motifs is 7. The van der Waals surface area contributed by atoms with Crippen LogP contribution in [0.2, 0.25) is 0 Å². The van der Waals surface area contributed by atoms with Crippen molar-refractivity contribution >= 4 is 44.9 Å². The van der Waals surface area contributed by atoms with E-state index in [1.807, 2.05) is 12.2 Å². The lowest BCUT2D eigenvalue weighted by molar-refractivity contribution is -0.134. The van der Waals surface area contributed by atoms with Crippen LogP contribution >= 0.6 is 0 Å². The number of ether oxygens (including phenoxy) is 2. The van der Waals surface area contributed by atoms with Crippen LogP contribution in [0.25, 0.3) is 11.0 Å². The van der Waals surface area contributed by atoms with Crippen molar-refractivity contribution in [3.63, 3.8) is 0 Å². The average molecular weight is 841 g/mol. The molecule has 3 aliphatic heterocycles. The number of cyclic esters (lactones) is 1. The number of carbonyl (C=O) groups is 4. The van der Waals surface area contributed by atoms with Crippen LogP contribution in [0.1, 0.15) is 115 Å². The van der Waals surface area contributed by atoms with Crippen LogP contribution in [0.5, 0.6) is 5.88 Å². The third-order valence-corrected chi connectivity index (χ3v) is 15.0. The molecule has 1 spiro atoms. The Morgan fingerprint density at radius 2 is 1.58 bits per heavy atom. The first-order chi connectivity index (χ1) is 28.3. The molecule has 320 valence electrons. The molecule has 3 saturated carbocycles. The Hall–Kier alpha value is -4.41. The molecule has 8 rings (SSSR count). The minimum Gasteiger partial charge on any atom is -0.470 e. The van der Waals surface area contributed by atoms with Crippen molar-refractivity contribution in [2.45, 2.75) is 138 Å². The zero-order valence-corrected chi connectivity index (χ0v) is 34.1. The van der Waals surface area contributed by atoms with E-state index >= 15 is 8.78 Å². The lowest BCUT2D eigenvalue weighted by Crippen LogP contribution is -2.55. The Morgan fingerprint density at radius 3 is 2.32 bits per heavy atom. The maximum atomic E-state index is 16.5. The number of amides is 4. The van der Waals surface area contributed by atoms with Crippen molar-refractivity contribution in [1.82, 2.24) is 30.2 Å². The Morgan fingerprint density at radius 1 is 0.881 bits per heavy atom. The first-order valence-electron chi connectivity index (χ1n) is 21.4. The van der Waals surface area contributed by atoms with Gasteiger partial charge in [-0.15, -0.1) is 0 Å². The summed E-state index contributed by atoms with van der Waals surface area (Å²) in [5.74, 6) is -7.73. The molecule has 3 N–H and O–H groups in total. The van der Waals surface area contributed by atoms with Crippen molar-refractivity contribution < 1.29 is 45.9 Å². The molecular weight excluding hydrogens is 787 g/mol. The van der Waals surface area contributed by atoms with E-state index < -0.39 is 92.5 Å². The quantitative estimate of drug-likeness (QED) is 0.331. The van der Waals surface area contributed by atoms with Gasteiger partial charge in [0.1, 0.15) is 17.7 Å². The molecule has 4 fully saturated rings. The van der Waals surface area contributed by atoms with Crippen molar-refractivity contribution in [3.8, 4) is 5.88 Å². The van der Waals surface area contributed by atoms with Gasteiger partial charge in [0.25, 0.3) is 11.8 Å². The van der Waals surface area contributed by atoms with Crippen LogP contribution in [-0.2, 0) is 35.1 Å². The molecule has 17 heteroatoms. The van der Waals surface area contributed by atoms with Gasteiger partial charge in [-0.1, -0.05) is 62.8 Å². The van der Waals surface area contributed by atoms with Crippen LogP contribution in [-0.4, -0.2) is 89.7 Å². The smallest absolute Gasteiger partial charge is 0.407 e. The maximum absolute atomic E-state index is 16.5. The number of aromatic nitrogens is 2. The summed E-state index contributed by atoms with van der Waals surface area (Å²) < 4.78 is 73.2. The van der Waals surface area contributed by atoms with E-state index in [1.54, 1.807) is 24.3 Å². The first-order valence-corrected chi connectivity index (χ1v) is 22.9. The van der Waals surface area contributed by atoms with Crippen molar-refractivity contribution in [1.29, 1.82) is 0 Å². The molecule has 1 aromatic heterocycles. The summed E-state index contributed by atoms with van der Waals surface area (Å²) in [6, 6.07) is 5.57. The molecule has 59 heavy (non-hydrogen) atoms. The standard InChI is InChI=1S/C42H54F2N6O8S/c43-42(44)22-12-11-21-40(19-9-4-10-20-40)26-57-39(54)47-32-16-6-3-1-2-5-13-27-23-41(27,38(53)49-59(55,56)28-17-18-28)48-35(51)29-24-50(37(32)52)25-33(29)58-36-34(42)45-30-14-7-8-15-31(30)46-36/h5,7-8,13-15,27-29,32-33H,1-4,6,9-12,16-26H2,(H,47,54)(H,48,51)(H,49,53)/b13-5+/t27-,29?,32+,33+,41-/m1/s1. The Bertz CT molecular complexity index is 2090. The van der Waals surface area contributed by atoms with E-state index in [4.69, 9.17) is 9.47 Å². The Balaban J connectivity index is 1.16. The number of halogens is 2. The number of carbonyl (C=O) groups excluding carboxylic acids is 4. The van der Waals surface area contributed by atoms with E-state index in [2.05, 4.69) is 25.3 Å². The van der Waals surface area contributed by atoms with Gasteiger partial charge in [0, 0.05) is 24.3 Å². The van der Waals surface area contributed by atoms with E-state index in [-0.39, 0.29) is 43.5 Å². The summed E-state index contributed by atoms with van der Waals surface area (Å²) in [4.78, 5) is 66.5. The third-order valence-electron chi connectivity index (χ3n) is 13.2. The molecule has 0 radical (unpaired) electrons. The van der Waals surface area contributed by atoms with E-state index in [9.17, 15) is 27.6 Å². The molecule has 5 atom stereocenters. The first kappa shape index (κ1) is 41.3. The number of nitrogens with zero attached hydrogens (tertiary/aromatic N) is 3. The SMILES string of the molecule is O=C1N[C@H]2CCCCC/C=C/[C@@H]3C[C@@]3(C(=O)NS(=O)(=O)C3CC3)NC(=O)C3CN(C[C@@H]3Oc3nc4ccccc4nc3C(F)(F)CCCCC3(CCCCC3)CO1)C2=O. The lowest BCUT2D eigenvalue weighted by Gasteiger charge is -2.37. The van der Waals surface area contributed by atoms with Gasteiger partial charge in [-0.25, -0.2) is 23.2 Å². The molecule has 4 heterocycles. The van der Waals surface area contributed by atoms with Gasteiger partial charge >= 0.3 is 6.09 Å². The molecule has 1 aromatic carbocycles. The second-order valence-electron chi connectivity index (χ2n) is 17.6. The van der Waals surface area contributed by atoms with Crippen molar-refractivity contribution in [2.75, 3.05) is 19.7 Å². The van der Waals surface area contributed by atoms with Gasteiger partial charge in [0.15, 0.2) is 5.69 Å². The van der Waals surface area contributed by atoms with Gasteiger partial charge in [-0.3, -0.25) is 19.1 Å². The number of alkyl carbamates (subject to hydrolysis) is 1. The van der Waals surface area contributed by atoms with Crippen LogP contribution in [0, 0.1) is 17.3 Å². The highest BCUT2D eigenvalue weighted by Gasteiger charge is 2.62. The highest BCUT2D eigenvalue weighted by Crippen LogP contribution is 2.47. The van der Waals surface area contributed by atoms with E-state index in [0.717, 1.165) is 44.9 Å². The zero-order valence-electron chi connectivity index (χ0n) is 33.3. The number of allylic oxidation sites excluding steroid dienone is 1. The van der Waals surface area contributed by atoms with Crippen LogP contribution in [0.4, 0.5) is 13.6 Å². The minimum absolute atomic E-state index is 0.114. The average Bonchev–Trinajstić information content (AvgIpc) is 4.14. The number of para-hydroxylation sites is 2. The number of rotatable bonds is 3. The van der Waals surface area contributed by atoms with Gasteiger partial charge < -0.3 is 25.0 Å². The van der Waals surface area contributed by atoms with E-state index in [1.165, 1.54) is 4.90 Å². The third kappa shape index (κ3) is 9.04. The molecule has 3 aliphatic carbocycles. The van der Waals surface area contributed by atoms with Crippen LogP contribution < -0.4 is 20.1 Å². The molecule has 1 unspecified atom stereocenters. The summed E-state index contributed by atoms with van der Waals surface area (Å²) >= 11 is 0. The summed E-state index contributed by atoms with van der Waals surface area (Å²) in [5.41, 5.74) is -2.08. The summed E-state index contributed by atoms with van der Waals surface area (Å²) in [6.45, 7) is -0.356. The van der Waals surface area contributed by atoms with Crippen LogP contribution in [0.15, 0.2) is 36.4 Å². The molecule has 4 amide bonds. The second kappa shape index (κ2) is 16.6. The molecule has 6 aliphatic rings. The Kier molecular flexibility index (Phi) is 11.6. The van der Waals surface area contributed by atoms with E-state index in [0.29, 0.717) is 50.5 Å². The number of hydrogen-bond donors (Lipinski definition) is 3. The summed E-state index contributed by atoms with van der Waals surface area (Å²) in [6.07, 6.45) is 11.0. The largest absolute Gasteiger partial charge is 0.470 e. The predicted octanol–water partition coefficient (Wildman–Crippen LogP) is 5.55. The highest BCUT2D eigenvalue weighted by molar-refractivity contribution is 7.91. The molecule has 1 saturated heterocycles. The number of benzene rings is 1. The monoisotopic (exact) mass is 840 g/mol. The summed E-state index contributed by atoms with van der Waals surface area (Å²) in [5, 5.41) is 4.98. The molecular formula is C42H54F2N6O8S. The number of alkyl halides is 2. The summed E-state index contributed by atoms with van der Waals surface area (Å²) in [7, 11) is -3.96. The molecule has 2 aromatic rings. The number of sulfonamides is 1. The van der Waals surface area contributed by atoms with Gasteiger partial charge in [0.2, 0.25) is 27.7 Å².